The maximum atomic E-state index is 11.6. The summed E-state index contributed by atoms with van der Waals surface area (Å²) in [4.78, 5) is 13.7. The second-order valence-corrected chi connectivity index (χ2v) is 5.51. The Bertz CT molecular complexity index is 214. The van der Waals surface area contributed by atoms with Crippen LogP contribution >= 0.6 is 0 Å². The minimum Gasteiger partial charge on any atom is -0.354 e. The molecule has 0 bridgehead atoms. The van der Waals surface area contributed by atoms with Crippen LogP contribution in [0.5, 0.6) is 0 Å². The van der Waals surface area contributed by atoms with E-state index < -0.39 is 0 Å². The lowest BCUT2D eigenvalue weighted by Crippen LogP contribution is -2.46. The summed E-state index contributed by atoms with van der Waals surface area (Å²) in [6.45, 7) is 7.91. The molecule has 0 aliphatic carbocycles. The third-order valence-corrected chi connectivity index (χ3v) is 2.42. The summed E-state index contributed by atoms with van der Waals surface area (Å²) in [7, 11) is 4.07. The highest BCUT2D eigenvalue weighted by Gasteiger charge is 2.21. The number of hydrogen-bond acceptors (Lipinski definition) is 3. The Morgan fingerprint density at radius 1 is 1.44 bits per heavy atom. The molecule has 4 nitrogen and oxygen atoms in total. The summed E-state index contributed by atoms with van der Waals surface area (Å²) in [5.74, 6) is -0.0336. The van der Waals surface area contributed by atoms with Gasteiger partial charge in [-0.05, 0) is 25.9 Å². The van der Waals surface area contributed by atoms with Gasteiger partial charge < -0.3 is 16.0 Å². The van der Waals surface area contributed by atoms with Crippen molar-refractivity contribution in [2.24, 2.45) is 11.1 Å². The van der Waals surface area contributed by atoms with Gasteiger partial charge in [0.25, 0.3) is 0 Å². The van der Waals surface area contributed by atoms with Crippen LogP contribution in [0.25, 0.3) is 0 Å². The first-order chi connectivity index (χ1) is 7.28. The summed E-state index contributed by atoms with van der Waals surface area (Å²) in [5, 5.41) is 2.92. The van der Waals surface area contributed by atoms with Crippen LogP contribution in [-0.2, 0) is 4.79 Å². The number of amides is 1. The molecule has 0 spiro atoms. The van der Waals surface area contributed by atoms with Crippen LogP contribution in [0.1, 0.15) is 33.6 Å². The molecule has 0 heterocycles. The first kappa shape index (κ1) is 15.4. The number of nitrogens with two attached hydrogens (primary N) is 1. The van der Waals surface area contributed by atoms with Crippen molar-refractivity contribution in [2.45, 2.75) is 39.7 Å². The molecule has 16 heavy (non-hydrogen) atoms. The van der Waals surface area contributed by atoms with Gasteiger partial charge in [-0.3, -0.25) is 4.79 Å². The highest BCUT2D eigenvalue weighted by atomic mass is 16.2. The molecule has 0 aliphatic heterocycles. The van der Waals surface area contributed by atoms with Crippen molar-refractivity contribution in [3.05, 3.63) is 0 Å². The molecular formula is C12H27N3O. The van der Waals surface area contributed by atoms with Crippen molar-refractivity contribution in [3.8, 4) is 0 Å². The van der Waals surface area contributed by atoms with E-state index in [1.54, 1.807) is 0 Å². The molecule has 0 aromatic rings. The molecule has 0 rings (SSSR count). The summed E-state index contributed by atoms with van der Waals surface area (Å²) < 4.78 is 0. The lowest BCUT2D eigenvalue weighted by Gasteiger charge is -2.28. The normalized spacial score (nSPS) is 13.9. The molecule has 0 saturated carbocycles. The largest absolute Gasteiger partial charge is 0.354 e. The molecular weight excluding hydrogens is 202 g/mol. The topological polar surface area (TPSA) is 58.4 Å². The highest BCUT2D eigenvalue weighted by molar-refractivity contribution is 5.81. The quantitative estimate of drug-likeness (QED) is 0.679. The Morgan fingerprint density at radius 3 is 2.44 bits per heavy atom. The van der Waals surface area contributed by atoms with E-state index in [0.29, 0.717) is 6.54 Å². The number of carbonyl (C=O) groups is 1. The molecule has 4 heteroatoms. The number of carbonyl (C=O) groups excluding carboxylic acids is 1. The molecule has 0 aromatic heterocycles. The Morgan fingerprint density at radius 2 is 2.00 bits per heavy atom. The molecule has 96 valence electrons. The maximum Gasteiger partial charge on any atom is 0.236 e. The number of rotatable bonds is 7. The minimum atomic E-state index is -0.361. The van der Waals surface area contributed by atoms with Crippen LogP contribution < -0.4 is 11.1 Å². The van der Waals surface area contributed by atoms with Crippen molar-refractivity contribution in [1.29, 1.82) is 0 Å². The first-order valence-electron chi connectivity index (χ1n) is 5.96. The molecule has 0 aliphatic rings. The highest BCUT2D eigenvalue weighted by Crippen LogP contribution is 2.14. The second kappa shape index (κ2) is 6.86. The van der Waals surface area contributed by atoms with E-state index in [1.807, 2.05) is 21.0 Å². The predicted octanol–water partition coefficient (Wildman–Crippen LogP) is 0.818. The average Bonchev–Trinajstić information content (AvgIpc) is 2.12. The van der Waals surface area contributed by atoms with Gasteiger partial charge in [0.05, 0.1) is 6.04 Å². The summed E-state index contributed by atoms with van der Waals surface area (Å²) in [5.41, 5.74) is 5.81. The molecule has 0 radical (unpaired) electrons. The van der Waals surface area contributed by atoms with E-state index in [0.717, 1.165) is 19.4 Å². The van der Waals surface area contributed by atoms with Gasteiger partial charge in [0.1, 0.15) is 0 Å². The van der Waals surface area contributed by atoms with Gasteiger partial charge in [0.2, 0.25) is 5.91 Å². The fourth-order valence-corrected chi connectivity index (χ4v) is 1.81. The van der Waals surface area contributed by atoms with Crippen LogP contribution in [0, 0.1) is 5.41 Å². The number of nitrogens with zero attached hydrogens (tertiary/aromatic N) is 1. The van der Waals surface area contributed by atoms with Crippen molar-refractivity contribution in [1.82, 2.24) is 10.2 Å². The van der Waals surface area contributed by atoms with E-state index in [1.165, 1.54) is 0 Å². The maximum absolute atomic E-state index is 11.6. The minimum absolute atomic E-state index is 0.0336. The van der Waals surface area contributed by atoms with Crippen LogP contribution in [0.4, 0.5) is 0 Å². The van der Waals surface area contributed by atoms with Gasteiger partial charge in [-0.1, -0.05) is 27.2 Å². The van der Waals surface area contributed by atoms with E-state index in [4.69, 9.17) is 5.73 Å². The van der Waals surface area contributed by atoms with Crippen molar-refractivity contribution in [3.63, 3.8) is 0 Å². The summed E-state index contributed by atoms with van der Waals surface area (Å²) >= 11 is 0. The Balaban J connectivity index is 3.99. The fraction of sp³-hybridized carbons (Fsp3) is 0.917. The second-order valence-electron chi connectivity index (χ2n) is 5.51. The van der Waals surface area contributed by atoms with Crippen LogP contribution in [0.3, 0.4) is 0 Å². The smallest absolute Gasteiger partial charge is 0.236 e. The Kier molecular flexibility index (Phi) is 6.60. The molecule has 0 unspecified atom stereocenters. The lowest BCUT2D eigenvalue weighted by molar-refractivity contribution is -0.123. The fourth-order valence-electron chi connectivity index (χ4n) is 1.81. The number of nitrogens with one attached hydrogen (secondary N) is 1. The zero-order chi connectivity index (χ0) is 12.8. The molecule has 1 amide bonds. The molecule has 0 fully saturated rings. The summed E-state index contributed by atoms with van der Waals surface area (Å²) in [6.07, 6.45) is 1.69. The van der Waals surface area contributed by atoms with E-state index in [-0.39, 0.29) is 17.4 Å². The Hall–Kier alpha value is -0.610. The Labute approximate surface area is 99.6 Å². The predicted molar refractivity (Wildman–Crippen MR) is 68.2 cm³/mol. The van der Waals surface area contributed by atoms with E-state index in [2.05, 4.69) is 24.1 Å². The van der Waals surface area contributed by atoms with Crippen molar-refractivity contribution < 1.29 is 4.79 Å². The van der Waals surface area contributed by atoms with Gasteiger partial charge in [0, 0.05) is 13.1 Å². The van der Waals surface area contributed by atoms with Crippen LogP contribution in [-0.4, -0.2) is 44.0 Å². The standard InChI is InChI=1S/C12H27N3O/c1-6-7-10(13)11(16)14-8-12(2,3)9-15(4)5/h10H,6-9,13H2,1-5H3,(H,14,16)/t10-/m0/s1. The van der Waals surface area contributed by atoms with E-state index in [9.17, 15) is 4.79 Å². The van der Waals surface area contributed by atoms with Crippen LogP contribution in [0.15, 0.2) is 0 Å². The zero-order valence-corrected chi connectivity index (χ0v) is 11.3. The third kappa shape index (κ3) is 6.80. The van der Waals surface area contributed by atoms with Gasteiger partial charge in [-0.25, -0.2) is 0 Å². The van der Waals surface area contributed by atoms with Crippen molar-refractivity contribution >= 4 is 5.91 Å². The van der Waals surface area contributed by atoms with Gasteiger partial charge in [0.15, 0.2) is 0 Å². The zero-order valence-electron chi connectivity index (χ0n) is 11.3. The average molecular weight is 229 g/mol. The monoisotopic (exact) mass is 229 g/mol. The van der Waals surface area contributed by atoms with Gasteiger partial charge in [-0.2, -0.15) is 0 Å². The lowest BCUT2D eigenvalue weighted by atomic mass is 9.93. The third-order valence-electron chi connectivity index (χ3n) is 2.42. The SMILES string of the molecule is CCC[C@H](N)C(=O)NCC(C)(C)CN(C)C. The van der Waals surface area contributed by atoms with Crippen molar-refractivity contribution in [2.75, 3.05) is 27.2 Å². The van der Waals surface area contributed by atoms with Gasteiger partial charge >= 0.3 is 0 Å². The molecule has 3 N–H and O–H groups in total. The van der Waals surface area contributed by atoms with Crippen LogP contribution in [0.2, 0.25) is 0 Å². The summed E-state index contributed by atoms with van der Waals surface area (Å²) in [6, 6.07) is -0.361. The number of hydrogen-bond donors (Lipinski definition) is 2. The van der Waals surface area contributed by atoms with Gasteiger partial charge in [-0.15, -0.1) is 0 Å². The first-order valence-corrected chi connectivity index (χ1v) is 5.96. The molecule has 0 saturated heterocycles. The molecule has 0 aromatic carbocycles. The molecule has 1 atom stereocenters. The van der Waals surface area contributed by atoms with E-state index >= 15 is 0 Å².